The fourth-order valence-electron chi connectivity index (χ4n) is 4.48. The average Bonchev–Trinajstić information content (AvgIpc) is 3.12. The molecule has 15 nitrogen and oxygen atoms in total. The second-order valence-corrected chi connectivity index (χ2v) is 11.2. The summed E-state index contributed by atoms with van der Waals surface area (Å²) in [5, 5.41) is 20.6. The van der Waals surface area contributed by atoms with Crippen molar-refractivity contribution in [2.24, 2.45) is 0 Å². The maximum atomic E-state index is 13.1. The van der Waals surface area contributed by atoms with Crippen LogP contribution in [-0.4, -0.2) is 140 Å². The van der Waals surface area contributed by atoms with Crippen LogP contribution in [0.1, 0.15) is 57.8 Å². The van der Waals surface area contributed by atoms with Crippen molar-refractivity contribution in [2.45, 2.75) is 63.3 Å². The van der Waals surface area contributed by atoms with Crippen LogP contribution in [0.2, 0.25) is 0 Å². The van der Waals surface area contributed by atoms with Crippen LogP contribution in [0, 0.1) is 37.0 Å². The number of nitrogens with one attached hydrogen (secondary N) is 4. The molecule has 0 aliphatic heterocycles. The van der Waals surface area contributed by atoms with Crippen LogP contribution in [0.15, 0.2) is 0 Å². The van der Waals surface area contributed by atoms with Crippen LogP contribution in [0.4, 0.5) is 0 Å². The number of aliphatic hydroxyl groups excluding tert-OH is 1. The van der Waals surface area contributed by atoms with E-state index in [1.807, 2.05) is 0 Å². The normalized spacial score (nSPS) is 10.8. The minimum Gasteiger partial charge on any atom is -0.396 e. The summed E-state index contributed by atoms with van der Waals surface area (Å²) < 4.78 is 31.7. The highest BCUT2D eigenvalue weighted by atomic mass is 16.5. The molecule has 0 fully saturated rings. The first-order valence-corrected chi connectivity index (χ1v) is 17.3. The number of rotatable bonds is 35. The highest BCUT2D eigenvalue weighted by Gasteiger charge is 2.33. The lowest BCUT2D eigenvalue weighted by molar-refractivity contribution is -0.127. The van der Waals surface area contributed by atoms with Gasteiger partial charge in [-0.1, -0.05) is 17.8 Å². The zero-order valence-electron chi connectivity index (χ0n) is 29.9. The Kier molecular flexibility index (Phi) is 32.2. The molecule has 0 aromatic heterocycles. The van der Waals surface area contributed by atoms with Gasteiger partial charge < -0.3 is 54.8 Å². The summed E-state index contributed by atoms with van der Waals surface area (Å²) in [6, 6.07) is 0. The zero-order valence-corrected chi connectivity index (χ0v) is 29.9. The summed E-state index contributed by atoms with van der Waals surface area (Å²) in [5.74, 6) is 5.96. The first kappa shape index (κ1) is 47.3. The SMILES string of the molecule is C#CCOCCOCCNC(=O)CCC(CCC(=O)NCCOCCOCC#C)(CCC(=O)NCCOCCOCC#C)NC(=O)CCCCO. The third kappa shape index (κ3) is 30.8. The number of hydrogen-bond donors (Lipinski definition) is 5. The second-order valence-electron chi connectivity index (χ2n) is 11.2. The number of ether oxygens (including phenoxy) is 6. The fraction of sp³-hybridized carbons (Fsp3) is 0.722. The molecule has 0 saturated carbocycles. The quantitative estimate of drug-likeness (QED) is 0.0426. The number of hydrogen-bond acceptors (Lipinski definition) is 11. The van der Waals surface area contributed by atoms with Crippen LogP contribution in [0.3, 0.4) is 0 Å². The van der Waals surface area contributed by atoms with Crippen molar-refractivity contribution < 1.29 is 52.7 Å². The van der Waals surface area contributed by atoms with Crippen molar-refractivity contribution in [2.75, 3.05) is 106 Å². The smallest absolute Gasteiger partial charge is 0.220 e. The summed E-state index contributed by atoms with van der Waals surface area (Å²) in [5.41, 5.74) is -1.05. The van der Waals surface area contributed by atoms with Crippen molar-refractivity contribution in [3.63, 3.8) is 0 Å². The molecular weight excluding hydrogens is 664 g/mol. The van der Waals surface area contributed by atoms with Crippen LogP contribution in [0.5, 0.6) is 0 Å². The summed E-state index contributed by atoms with van der Waals surface area (Å²) in [6.07, 6.45) is 17.0. The molecule has 0 aromatic rings. The third-order valence-electron chi connectivity index (χ3n) is 7.09. The molecule has 0 aromatic carbocycles. The van der Waals surface area contributed by atoms with Crippen molar-refractivity contribution in [1.29, 1.82) is 0 Å². The molecule has 4 amide bonds. The Bertz CT molecular complexity index is 957. The monoisotopic (exact) mass is 722 g/mol. The van der Waals surface area contributed by atoms with Gasteiger partial charge in [0.15, 0.2) is 0 Å². The molecule has 0 aliphatic carbocycles. The van der Waals surface area contributed by atoms with E-state index in [0.29, 0.717) is 52.5 Å². The largest absolute Gasteiger partial charge is 0.396 e. The van der Waals surface area contributed by atoms with Gasteiger partial charge in [-0.05, 0) is 32.1 Å². The number of carbonyl (C=O) groups is 4. The molecule has 0 heterocycles. The van der Waals surface area contributed by atoms with E-state index in [0.717, 1.165) is 0 Å². The van der Waals surface area contributed by atoms with Gasteiger partial charge in [-0.3, -0.25) is 19.2 Å². The Morgan fingerprint density at radius 3 is 1.18 bits per heavy atom. The highest BCUT2D eigenvalue weighted by Crippen LogP contribution is 2.26. The molecule has 51 heavy (non-hydrogen) atoms. The molecule has 0 unspecified atom stereocenters. The lowest BCUT2D eigenvalue weighted by Crippen LogP contribution is -2.50. The van der Waals surface area contributed by atoms with E-state index in [4.69, 9.17) is 47.7 Å². The standard InChI is InChI=1S/C36H58N4O11/c1-4-20-46-26-29-49-23-16-37-32(42)10-13-36(40-35(45)9-7-8-19-41,14-11-33(43)38-17-24-50-30-27-47-21-5-2)15-12-34(44)39-18-25-51-31-28-48-22-6-3/h1-3,41H,7-31H2,(H,37,42)(H,38,43)(H,39,44)(H,40,45). The fourth-order valence-corrected chi connectivity index (χ4v) is 4.48. The van der Waals surface area contributed by atoms with Crippen molar-refractivity contribution in [1.82, 2.24) is 21.3 Å². The number of carbonyl (C=O) groups excluding carboxylic acids is 4. The second kappa shape index (κ2) is 34.7. The summed E-state index contributed by atoms with van der Waals surface area (Å²) >= 11 is 0. The number of unbranched alkanes of at least 4 members (excludes halogenated alkanes) is 1. The van der Waals surface area contributed by atoms with Crippen molar-refractivity contribution in [3.8, 4) is 37.0 Å². The molecule has 0 atom stereocenters. The molecule has 0 spiro atoms. The van der Waals surface area contributed by atoms with E-state index < -0.39 is 5.54 Å². The van der Waals surface area contributed by atoms with Gasteiger partial charge in [0, 0.05) is 57.5 Å². The molecule has 15 heteroatoms. The molecule has 5 N–H and O–H groups in total. The first-order valence-electron chi connectivity index (χ1n) is 17.3. The first-order chi connectivity index (χ1) is 24.8. The average molecular weight is 723 g/mol. The third-order valence-corrected chi connectivity index (χ3v) is 7.09. The van der Waals surface area contributed by atoms with Crippen LogP contribution in [-0.2, 0) is 47.6 Å². The molecular formula is C36H58N4O11. The Hall–Kier alpha value is -3.72. The van der Waals surface area contributed by atoms with Crippen LogP contribution < -0.4 is 21.3 Å². The summed E-state index contributed by atoms with van der Waals surface area (Å²) in [7, 11) is 0. The Balaban J connectivity index is 5.35. The minimum absolute atomic E-state index is 0.0244. The van der Waals surface area contributed by atoms with E-state index in [-0.39, 0.29) is 134 Å². The van der Waals surface area contributed by atoms with Crippen molar-refractivity contribution in [3.05, 3.63) is 0 Å². The van der Waals surface area contributed by atoms with E-state index in [1.54, 1.807) is 0 Å². The van der Waals surface area contributed by atoms with Gasteiger partial charge in [-0.2, -0.15) is 0 Å². The van der Waals surface area contributed by atoms with Gasteiger partial charge in [0.2, 0.25) is 23.6 Å². The molecule has 0 saturated heterocycles. The maximum absolute atomic E-state index is 13.1. The van der Waals surface area contributed by atoms with Gasteiger partial charge in [-0.15, -0.1) is 19.3 Å². The molecule has 0 radical (unpaired) electrons. The highest BCUT2D eigenvalue weighted by molar-refractivity contribution is 5.80. The van der Waals surface area contributed by atoms with Gasteiger partial charge >= 0.3 is 0 Å². The lowest BCUT2D eigenvalue weighted by Gasteiger charge is -2.35. The van der Waals surface area contributed by atoms with Gasteiger partial charge in [-0.25, -0.2) is 0 Å². The summed E-state index contributed by atoms with van der Waals surface area (Å²) in [6.45, 7) is 4.10. The zero-order chi connectivity index (χ0) is 37.7. The Labute approximate surface area is 303 Å². The number of terminal acetylenes is 3. The molecule has 0 aliphatic rings. The van der Waals surface area contributed by atoms with E-state index >= 15 is 0 Å². The number of aliphatic hydroxyl groups is 1. The Morgan fingerprint density at radius 1 is 0.490 bits per heavy atom. The van der Waals surface area contributed by atoms with Crippen molar-refractivity contribution >= 4 is 23.6 Å². The molecule has 0 bridgehead atoms. The van der Waals surface area contributed by atoms with E-state index in [1.165, 1.54) is 0 Å². The summed E-state index contributed by atoms with van der Waals surface area (Å²) in [4.78, 5) is 51.6. The van der Waals surface area contributed by atoms with E-state index in [2.05, 4.69) is 39.0 Å². The lowest BCUT2D eigenvalue weighted by atomic mass is 9.83. The van der Waals surface area contributed by atoms with Gasteiger partial charge in [0.25, 0.3) is 0 Å². The minimum atomic E-state index is -1.05. The van der Waals surface area contributed by atoms with Gasteiger partial charge in [0.05, 0.1) is 59.5 Å². The van der Waals surface area contributed by atoms with Gasteiger partial charge in [0.1, 0.15) is 19.8 Å². The predicted octanol–water partition coefficient (Wildman–Crippen LogP) is -0.308. The predicted molar refractivity (Wildman–Crippen MR) is 190 cm³/mol. The molecule has 288 valence electrons. The Morgan fingerprint density at radius 2 is 0.843 bits per heavy atom. The number of amides is 4. The molecule has 0 rings (SSSR count). The van der Waals surface area contributed by atoms with Crippen LogP contribution in [0.25, 0.3) is 0 Å². The maximum Gasteiger partial charge on any atom is 0.220 e. The topological polar surface area (TPSA) is 192 Å². The van der Waals surface area contributed by atoms with E-state index in [9.17, 15) is 24.3 Å². The van der Waals surface area contributed by atoms with Crippen LogP contribution >= 0.6 is 0 Å².